The number of aryl methyl sites for hydroxylation is 1. The minimum absolute atomic E-state index is 0.132. The van der Waals surface area contributed by atoms with Gasteiger partial charge in [0, 0.05) is 19.5 Å². The first-order valence-corrected chi connectivity index (χ1v) is 10.6. The zero-order valence-corrected chi connectivity index (χ0v) is 17.6. The molecule has 8 heteroatoms. The monoisotopic (exact) mass is 440 g/mol. The molecule has 0 saturated heterocycles. The first-order chi connectivity index (χ1) is 15.3. The maximum absolute atomic E-state index is 13.9. The highest BCUT2D eigenvalue weighted by atomic mass is 19.4. The summed E-state index contributed by atoms with van der Waals surface area (Å²) in [6.45, 7) is 2.88. The van der Waals surface area contributed by atoms with E-state index >= 15 is 0 Å². The number of halogens is 3. The van der Waals surface area contributed by atoms with Crippen molar-refractivity contribution >= 4 is 11.7 Å². The number of carbonyl (C=O) groups excluding carboxylic acids is 1. The third-order valence-electron chi connectivity index (χ3n) is 6.37. The maximum atomic E-state index is 13.9. The summed E-state index contributed by atoms with van der Waals surface area (Å²) in [7, 11) is 0. The number of nitrogens with zero attached hydrogens (tertiary/aromatic N) is 3. The van der Waals surface area contributed by atoms with Crippen LogP contribution in [0, 0.1) is 6.92 Å². The van der Waals surface area contributed by atoms with Crippen LogP contribution in [-0.2, 0) is 13.0 Å². The molecule has 0 unspecified atom stereocenters. The zero-order valence-electron chi connectivity index (χ0n) is 17.6. The van der Waals surface area contributed by atoms with Crippen molar-refractivity contribution in [2.24, 2.45) is 0 Å². The topological polar surface area (TPSA) is 50.2 Å². The lowest BCUT2D eigenvalue weighted by molar-refractivity contribution is -0.173. The number of aromatic nitrogens is 2. The second-order valence-corrected chi connectivity index (χ2v) is 8.50. The quantitative estimate of drug-likeness (QED) is 0.607. The largest absolute Gasteiger partial charge is 0.410 e. The second-order valence-electron chi connectivity index (χ2n) is 8.50. The molecule has 5 rings (SSSR count). The average molecular weight is 440 g/mol. The predicted octanol–water partition coefficient (Wildman–Crippen LogP) is 5.05. The van der Waals surface area contributed by atoms with Crippen LogP contribution in [-0.4, -0.2) is 33.3 Å². The van der Waals surface area contributed by atoms with E-state index < -0.39 is 18.3 Å². The van der Waals surface area contributed by atoms with Gasteiger partial charge in [0.05, 0.1) is 12.2 Å². The van der Waals surface area contributed by atoms with E-state index in [-0.39, 0.29) is 23.7 Å². The number of benzene rings is 2. The molecule has 3 aromatic rings. The standard InChI is InChI=1S/C24H23F3N4O/c1-15-6-8-17(9-7-15)20-12-21(24(25,26)27)31-22(29-20)19(13-28-31)23(32)30-11-10-16-4-2-3-5-18(16)14-30/h2-9,13,20-21,29H,10-12,14H2,1H3/t20-,21+/m1/s1. The zero-order chi connectivity index (χ0) is 22.5. The smallest absolute Gasteiger partial charge is 0.363 e. The number of carbonyl (C=O) groups is 1. The summed E-state index contributed by atoms with van der Waals surface area (Å²) in [5.41, 5.74) is 4.22. The van der Waals surface area contributed by atoms with Crippen molar-refractivity contribution in [3.8, 4) is 0 Å². The normalized spacial score (nSPS) is 20.3. The molecule has 0 radical (unpaired) electrons. The van der Waals surface area contributed by atoms with E-state index in [1.807, 2.05) is 55.5 Å². The van der Waals surface area contributed by atoms with Gasteiger partial charge in [-0.15, -0.1) is 0 Å². The number of nitrogens with one attached hydrogen (secondary N) is 1. The van der Waals surface area contributed by atoms with E-state index in [0.29, 0.717) is 13.1 Å². The molecule has 5 nitrogen and oxygen atoms in total. The molecular weight excluding hydrogens is 417 g/mol. The van der Waals surface area contributed by atoms with Gasteiger partial charge in [0.2, 0.25) is 0 Å². The molecule has 0 fully saturated rings. The Balaban J connectivity index is 1.48. The van der Waals surface area contributed by atoms with Gasteiger partial charge < -0.3 is 10.2 Å². The lowest BCUT2D eigenvalue weighted by Crippen LogP contribution is -2.38. The number of hydrogen-bond acceptors (Lipinski definition) is 3. The Labute approximate surface area is 183 Å². The summed E-state index contributed by atoms with van der Waals surface area (Å²) in [6, 6.07) is 13.0. The van der Waals surface area contributed by atoms with Gasteiger partial charge in [-0.2, -0.15) is 18.3 Å². The first kappa shape index (κ1) is 20.6. The van der Waals surface area contributed by atoms with E-state index in [2.05, 4.69) is 10.4 Å². The van der Waals surface area contributed by atoms with Gasteiger partial charge in [-0.3, -0.25) is 4.79 Å². The van der Waals surface area contributed by atoms with Gasteiger partial charge in [0.25, 0.3) is 5.91 Å². The van der Waals surface area contributed by atoms with Crippen molar-refractivity contribution in [1.82, 2.24) is 14.7 Å². The number of rotatable bonds is 2. The van der Waals surface area contributed by atoms with Crippen LogP contribution in [0.2, 0.25) is 0 Å². The molecule has 2 atom stereocenters. The number of alkyl halides is 3. The fourth-order valence-corrected chi connectivity index (χ4v) is 4.58. The van der Waals surface area contributed by atoms with Crippen LogP contribution < -0.4 is 5.32 Å². The highest BCUT2D eigenvalue weighted by Gasteiger charge is 2.47. The molecule has 0 bridgehead atoms. The maximum Gasteiger partial charge on any atom is 0.410 e. The second kappa shape index (κ2) is 7.69. The summed E-state index contributed by atoms with van der Waals surface area (Å²) in [6.07, 6.45) is -2.68. The summed E-state index contributed by atoms with van der Waals surface area (Å²) in [5.74, 6) is -0.174. The lowest BCUT2D eigenvalue weighted by Gasteiger charge is -2.34. The van der Waals surface area contributed by atoms with Crippen LogP contribution in [0.3, 0.4) is 0 Å². The molecule has 2 aliphatic heterocycles. The molecule has 2 aliphatic rings. The Morgan fingerprint density at radius 3 is 2.53 bits per heavy atom. The van der Waals surface area contributed by atoms with Gasteiger partial charge >= 0.3 is 6.18 Å². The number of anilines is 1. The number of hydrogen-bond donors (Lipinski definition) is 1. The predicted molar refractivity (Wildman–Crippen MR) is 114 cm³/mol. The van der Waals surface area contributed by atoms with Crippen LogP contribution in [0.25, 0.3) is 0 Å². The third-order valence-corrected chi connectivity index (χ3v) is 6.37. The van der Waals surface area contributed by atoms with Gasteiger partial charge in [0.1, 0.15) is 11.4 Å². The molecule has 2 aromatic carbocycles. The minimum Gasteiger partial charge on any atom is -0.363 e. The molecule has 0 saturated carbocycles. The Kier molecular flexibility index (Phi) is 4.95. The van der Waals surface area contributed by atoms with Crippen LogP contribution in [0.4, 0.5) is 19.0 Å². The van der Waals surface area contributed by atoms with Crippen molar-refractivity contribution in [3.05, 3.63) is 82.5 Å². The molecule has 1 aromatic heterocycles. The van der Waals surface area contributed by atoms with Crippen molar-refractivity contribution in [2.45, 2.75) is 44.6 Å². The van der Waals surface area contributed by atoms with Crippen LogP contribution >= 0.6 is 0 Å². The molecule has 166 valence electrons. The SMILES string of the molecule is Cc1ccc([C@H]2C[C@@H](C(F)(F)F)n3ncc(C(=O)N4CCc5ccccc5C4)c3N2)cc1. The van der Waals surface area contributed by atoms with E-state index in [0.717, 1.165) is 27.8 Å². The Hall–Kier alpha value is -3.29. The van der Waals surface area contributed by atoms with Gasteiger partial charge in [-0.05, 0) is 30.0 Å². The number of fused-ring (bicyclic) bond motifs is 2. The van der Waals surface area contributed by atoms with Gasteiger partial charge in [0.15, 0.2) is 6.04 Å². The highest BCUT2D eigenvalue weighted by Crippen LogP contribution is 2.44. The van der Waals surface area contributed by atoms with Gasteiger partial charge in [-0.25, -0.2) is 4.68 Å². The van der Waals surface area contributed by atoms with E-state index in [1.165, 1.54) is 11.8 Å². The Morgan fingerprint density at radius 1 is 1.09 bits per heavy atom. The fourth-order valence-electron chi connectivity index (χ4n) is 4.58. The van der Waals surface area contributed by atoms with Crippen molar-refractivity contribution < 1.29 is 18.0 Å². The van der Waals surface area contributed by atoms with Crippen LogP contribution in [0.15, 0.2) is 54.7 Å². The molecule has 0 spiro atoms. The first-order valence-electron chi connectivity index (χ1n) is 10.6. The van der Waals surface area contributed by atoms with Crippen molar-refractivity contribution in [1.29, 1.82) is 0 Å². The third kappa shape index (κ3) is 3.63. The summed E-state index contributed by atoms with van der Waals surface area (Å²) in [4.78, 5) is 15.0. The van der Waals surface area contributed by atoms with Crippen molar-refractivity contribution in [2.75, 3.05) is 11.9 Å². The average Bonchev–Trinajstić information content (AvgIpc) is 3.21. The molecule has 32 heavy (non-hydrogen) atoms. The van der Waals surface area contributed by atoms with E-state index in [1.54, 1.807) is 4.90 Å². The molecule has 0 aliphatic carbocycles. The Morgan fingerprint density at radius 2 is 1.81 bits per heavy atom. The summed E-state index contributed by atoms with van der Waals surface area (Å²) in [5, 5.41) is 7.17. The molecule has 1 amide bonds. The molecule has 1 N–H and O–H groups in total. The van der Waals surface area contributed by atoms with E-state index in [9.17, 15) is 18.0 Å². The molecular formula is C24H23F3N4O. The minimum atomic E-state index is -4.48. The van der Waals surface area contributed by atoms with Gasteiger partial charge in [-0.1, -0.05) is 54.1 Å². The summed E-state index contributed by atoms with van der Waals surface area (Å²) >= 11 is 0. The molecule has 3 heterocycles. The van der Waals surface area contributed by atoms with Crippen LogP contribution in [0.5, 0.6) is 0 Å². The van der Waals surface area contributed by atoms with Crippen molar-refractivity contribution in [3.63, 3.8) is 0 Å². The van der Waals surface area contributed by atoms with Crippen LogP contribution in [0.1, 0.15) is 51.1 Å². The number of amides is 1. The summed E-state index contributed by atoms with van der Waals surface area (Å²) < 4.78 is 42.7. The lowest BCUT2D eigenvalue weighted by atomic mass is 9.95. The highest BCUT2D eigenvalue weighted by molar-refractivity contribution is 5.99. The Bertz CT molecular complexity index is 1150. The fraction of sp³-hybridized carbons (Fsp3) is 0.333. The van der Waals surface area contributed by atoms with E-state index in [4.69, 9.17) is 0 Å².